The zero-order valence-electron chi connectivity index (χ0n) is 11.8. The number of halogens is 2. The zero-order valence-corrected chi connectivity index (χ0v) is 16.6. The van der Waals surface area contributed by atoms with Gasteiger partial charge < -0.3 is 10.2 Å². The molecule has 0 saturated heterocycles. The van der Waals surface area contributed by atoms with Gasteiger partial charge in [0.2, 0.25) is 0 Å². The Morgan fingerprint density at radius 1 is 1.00 bits per heavy atom. The molecule has 0 spiro atoms. The van der Waals surface area contributed by atoms with Gasteiger partial charge in [0.25, 0.3) is 0 Å². The summed E-state index contributed by atoms with van der Waals surface area (Å²) in [4.78, 5) is 1.05. The Morgan fingerprint density at radius 3 is 2.45 bits per heavy atom. The van der Waals surface area contributed by atoms with Crippen LogP contribution >= 0.6 is 54.5 Å². The molecule has 2 unspecified atom stereocenters. The zero-order chi connectivity index (χ0) is 15.9. The lowest BCUT2D eigenvalue weighted by atomic mass is 9.69. The van der Waals surface area contributed by atoms with Crippen molar-refractivity contribution in [1.82, 2.24) is 0 Å². The summed E-state index contributed by atoms with van der Waals surface area (Å²) >= 11 is 10.2. The fraction of sp³-hybridized carbons (Fsp3) is 0.250. The number of fused-ring (bicyclic) bond motifs is 5. The molecule has 1 aliphatic carbocycles. The summed E-state index contributed by atoms with van der Waals surface area (Å²) in [5, 5.41) is 22.4. The van der Waals surface area contributed by atoms with Crippen LogP contribution in [-0.2, 0) is 11.2 Å². The van der Waals surface area contributed by atoms with Crippen LogP contribution in [0.25, 0.3) is 19.8 Å². The van der Waals surface area contributed by atoms with Gasteiger partial charge in [0.05, 0.1) is 8.49 Å². The normalized spacial score (nSPS) is 27.0. The van der Waals surface area contributed by atoms with E-state index in [2.05, 4.69) is 37.9 Å². The number of thiophene rings is 2. The van der Waals surface area contributed by atoms with Crippen LogP contribution in [0, 0.1) is 0 Å². The third kappa shape index (κ3) is 1.82. The number of rotatable bonds is 0. The van der Waals surface area contributed by atoms with Crippen LogP contribution in [0.15, 0.2) is 32.5 Å². The van der Waals surface area contributed by atoms with E-state index in [9.17, 15) is 10.2 Å². The maximum Gasteiger partial charge on any atom is 0.122 e. The maximum atomic E-state index is 11.2. The maximum absolute atomic E-state index is 11.2. The highest BCUT2D eigenvalue weighted by Crippen LogP contribution is 2.58. The molecule has 0 fully saturated rings. The Hall–Kier alpha value is -0.240. The molecule has 4 rings (SSSR count). The molecule has 1 aromatic carbocycles. The monoisotopic (exact) mass is 458 g/mol. The number of aliphatic hydroxyl groups is 2. The van der Waals surface area contributed by atoms with Crippen LogP contribution < -0.4 is 0 Å². The molecule has 2 heterocycles. The van der Waals surface area contributed by atoms with Crippen LogP contribution in [0.2, 0.25) is 0 Å². The summed E-state index contributed by atoms with van der Waals surface area (Å²) in [5.41, 5.74) is -0.114. The Bertz CT molecular complexity index is 922. The van der Waals surface area contributed by atoms with Crippen LogP contribution in [0.5, 0.6) is 0 Å². The van der Waals surface area contributed by atoms with E-state index >= 15 is 0 Å². The summed E-state index contributed by atoms with van der Waals surface area (Å²) in [6, 6.07) is 7.96. The molecule has 0 amide bonds. The van der Waals surface area contributed by atoms with Gasteiger partial charge in [0.1, 0.15) is 11.2 Å². The average Bonchev–Trinajstić information content (AvgIpc) is 2.92. The Kier molecular flexibility index (Phi) is 3.23. The number of benzene rings is 1. The van der Waals surface area contributed by atoms with E-state index < -0.39 is 11.2 Å². The number of hydrogen-bond acceptors (Lipinski definition) is 4. The smallest absolute Gasteiger partial charge is 0.122 e. The first-order valence-electron chi connectivity index (χ1n) is 6.71. The first-order chi connectivity index (χ1) is 10.2. The van der Waals surface area contributed by atoms with E-state index in [-0.39, 0.29) is 0 Å². The molecular weight excluding hydrogens is 448 g/mol. The highest BCUT2D eigenvalue weighted by atomic mass is 79.9. The van der Waals surface area contributed by atoms with Crippen molar-refractivity contribution in [1.29, 1.82) is 0 Å². The molecule has 2 atom stereocenters. The lowest BCUT2D eigenvalue weighted by Gasteiger charge is -2.43. The second kappa shape index (κ2) is 4.65. The quantitative estimate of drug-likeness (QED) is 0.460. The van der Waals surface area contributed by atoms with E-state index in [4.69, 9.17) is 0 Å². The third-order valence-electron chi connectivity index (χ3n) is 4.52. The van der Waals surface area contributed by atoms with Gasteiger partial charge in [0.15, 0.2) is 0 Å². The second-order valence-electron chi connectivity index (χ2n) is 5.88. The molecule has 0 bridgehead atoms. The molecule has 114 valence electrons. The van der Waals surface area contributed by atoms with Crippen molar-refractivity contribution in [2.24, 2.45) is 0 Å². The summed E-state index contributed by atoms with van der Waals surface area (Å²) in [6.45, 7) is 3.39. The van der Waals surface area contributed by atoms with Crippen LogP contribution in [0.4, 0.5) is 0 Å². The summed E-state index contributed by atoms with van der Waals surface area (Å²) in [5.74, 6) is 0. The highest BCUT2D eigenvalue weighted by molar-refractivity contribution is 9.11. The molecule has 2 N–H and O–H groups in total. The molecule has 22 heavy (non-hydrogen) atoms. The van der Waals surface area contributed by atoms with Gasteiger partial charge in [-0.1, -0.05) is 22.0 Å². The van der Waals surface area contributed by atoms with Gasteiger partial charge in [-0.3, -0.25) is 0 Å². The van der Waals surface area contributed by atoms with Crippen molar-refractivity contribution >= 4 is 63.9 Å². The van der Waals surface area contributed by atoms with Gasteiger partial charge in [-0.2, -0.15) is 0 Å². The molecule has 1 aliphatic rings. The standard InChI is InChI=1S/C16H12Br2O2S2/c1-15(19)9-5-7(17)3-4-8(9)13-12(16(15,2)20)14-10(21-13)6-11(18)22-14/h3-6,19-20H,1-2H3. The molecule has 0 saturated carbocycles. The Labute approximate surface area is 152 Å². The molecule has 0 radical (unpaired) electrons. The second-order valence-corrected chi connectivity index (χ2v) is 10.3. The minimum absolute atomic E-state index is 0.757. The van der Waals surface area contributed by atoms with Gasteiger partial charge in [0, 0.05) is 19.6 Å². The molecule has 2 nitrogen and oxygen atoms in total. The fourth-order valence-electron chi connectivity index (χ4n) is 3.11. The van der Waals surface area contributed by atoms with Gasteiger partial charge in [-0.05, 0) is 59.1 Å². The van der Waals surface area contributed by atoms with Crippen molar-refractivity contribution in [3.8, 4) is 10.4 Å². The first kappa shape index (κ1) is 15.3. The van der Waals surface area contributed by atoms with Crippen molar-refractivity contribution in [3.63, 3.8) is 0 Å². The fourth-order valence-corrected chi connectivity index (χ4v) is 6.95. The van der Waals surface area contributed by atoms with Crippen molar-refractivity contribution in [3.05, 3.63) is 43.7 Å². The molecular formula is C16H12Br2O2S2. The van der Waals surface area contributed by atoms with E-state index in [1.54, 1.807) is 36.5 Å². The predicted octanol–water partition coefficient (Wildman–Crippen LogP) is 5.58. The van der Waals surface area contributed by atoms with Gasteiger partial charge in [-0.25, -0.2) is 0 Å². The minimum atomic E-state index is -1.36. The van der Waals surface area contributed by atoms with Crippen molar-refractivity contribution < 1.29 is 10.2 Å². The molecule has 3 aromatic rings. The van der Waals surface area contributed by atoms with Crippen LogP contribution in [0.3, 0.4) is 0 Å². The topological polar surface area (TPSA) is 40.5 Å². The van der Waals surface area contributed by atoms with E-state index in [1.165, 1.54) is 0 Å². The lowest BCUT2D eigenvalue weighted by molar-refractivity contribution is -0.143. The van der Waals surface area contributed by atoms with Crippen LogP contribution in [0.1, 0.15) is 25.0 Å². The van der Waals surface area contributed by atoms with E-state index in [1.807, 2.05) is 18.2 Å². The average molecular weight is 460 g/mol. The van der Waals surface area contributed by atoms with Gasteiger partial charge in [-0.15, -0.1) is 22.7 Å². The van der Waals surface area contributed by atoms with Gasteiger partial charge >= 0.3 is 0 Å². The molecule has 2 aromatic heterocycles. The summed E-state index contributed by atoms with van der Waals surface area (Å²) < 4.78 is 4.11. The molecule has 0 aliphatic heterocycles. The SMILES string of the molecule is CC1(O)c2cc(Br)ccc2-c2sc3cc(Br)sc3c2C1(C)O. The van der Waals surface area contributed by atoms with E-state index in [0.29, 0.717) is 0 Å². The third-order valence-corrected chi connectivity index (χ3v) is 7.97. The predicted molar refractivity (Wildman–Crippen MR) is 99.7 cm³/mol. The number of hydrogen-bond donors (Lipinski definition) is 2. The Balaban J connectivity index is 2.18. The van der Waals surface area contributed by atoms with Crippen molar-refractivity contribution in [2.45, 2.75) is 25.0 Å². The van der Waals surface area contributed by atoms with Crippen molar-refractivity contribution in [2.75, 3.05) is 0 Å². The summed E-state index contributed by atoms with van der Waals surface area (Å²) in [6.07, 6.45) is 0. The lowest BCUT2D eigenvalue weighted by Crippen LogP contribution is -2.47. The highest BCUT2D eigenvalue weighted by Gasteiger charge is 2.52. The van der Waals surface area contributed by atoms with E-state index in [0.717, 1.165) is 39.2 Å². The Morgan fingerprint density at radius 2 is 1.73 bits per heavy atom. The first-order valence-corrected chi connectivity index (χ1v) is 9.93. The summed E-state index contributed by atoms with van der Waals surface area (Å²) in [7, 11) is 0. The largest absolute Gasteiger partial charge is 0.382 e. The molecule has 6 heteroatoms. The minimum Gasteiger partial charge on any atom is -0.382 e. The van der Waals surface area contributed by atoms with Crippen LogP contribution in [-0.4, -0.2) is 10.2 Å².